The number of hydrogen-bond acceptors (Lipinski definition) is 6. The Morgan fingerprint density at radius 2 is 1.97 bits per heavy atom. The van der Waals surface area contributed by atoms with Crippen molar-refractivity contribution in [2.75, 3.05) is 21.3 Å². The molecule has 0 atom stereocenters. The average Bonchev–Trinajstić information content (AvgIpc) is 2.89. The number of nitrogens with zero attached hydrogens (tertiary/aromatic N) is 1. The number of halogens is 1. The molecular weight excluding hydrogens is 437 g/mol. The second-order valence-electron chi connectivity index (χ2n) is 6.76. The van der Waals surface area contributed by atoms with Crippen LogP contribution in [-0.2, 0) is 31.4 Å². The second-order valence-corrected chi connectivity index (χ2v) is 10.2. The van der Waals surface area contributed by atoms with Crippen molar-refractivity contribution in [3.8, 4) is 5.75 Å². The van der Waals surface area contributed by atoms with Crippen molar-refractivity contribution in [2.45, 2.75) is 19.8 Å². The number of rotatable bonds is 7. The molecule has 0 spiro atoms. The maximum atomic E-state index is 13.8. The van der Waals surface area contributed by atoms with Crippen LogP contribution in [0.4, 0.5) is 15.8 Å². The Labute approximate surface area is 173 Å². The Morgan fingerprint density at radius 1 is 1.23 bits per heavy atom. The molecule has 1 amide bonds. The average molecular weight is 458 g/mol. The molecule has 2 aromatic carbocycles. The minimum Gasteiger partial charge on any atom is -0.506 e. The van der Waals surface area contributed by atoms with E-state index in [1.807, 2.05) is 4.72 Å². The van der Waals surface area contributed by atoms with Gasteiger partial charge in [0.25, 0.3) is 5.91 Å². The Balaban J connectivity index is 1.90. The molecule has 1 heterocycles. The zero-order valence-electron chi connectivity index (χ0n) is 15.9. The van der Waals surface area contributed by atoms with Crippen LogP contribution in [0.15, 0.2) is 36.4 Å². The van der Waals surface area contributed by atoms with Gasteiger partial charge in [0.2, 0.25) is 10.0 Å². The molecule has 1 saturated heterocycles. The Bertz CT molecular complexity index is 1200. The highest BCUT2D eigenvalue weighted by Gasteiger charge is 2.35. The lowest BCUT2D eigenvalue weighted by Crippen LogP contribution is -2.29. The van der Waals surface area contributed by atoms with Crippen molar-refractivity contribution in [2.24, 2.45) is 0 Å². The predicted molar refractivity (Wildman–Crippen MR) is 109 cm³/mol. The lowest BCUT2D eigenvalue weighted by atomic mass is 10.0. The molecule has 0 unspecified atom stereocenters. The fraction of sp³-hybridized carbons (Fsp3) is 0.278. The third-order valence-corrected chi connectivity index (χ3v) is 7.20. The van der Waals surface area contributed by atoms with Crippen molar-refractivity contribution in [3.63, 3.8) is 0 Å². The lowest BCUT2D eigenvalue weighted by Gasteiger charge is -2.17. The van der Waals surface area contributed by atoms with E-state index in [1.54, 1.807) is 6.92 Å². The summed E-state index contributed by atoms with van der Waals surface area (Å²) in [5, 5.41) is 10.3. The number of hydrogen-bond donors (Lipinski definition) is 3. The van der Waals surface area contributed by atoms with E-state index in [1.165, 1.54) is 30.3 Å². The van der Waals surface area contributed by atoms with E-state index >= 15 is 0 Å². The molecule has 3 N–H and O–H groups in total. The quantitative estimate of drug-likeness (QED) is 0.577. The summed E-state index contributed by atoms with van der Waals surface area (Å²) in [5.74, 6) is -1.76. The van der Waals surface area contributed by atoms with Crippen LogP contribution in [0.2, 0.25) is 0 Å². The standard InChI is InChI=1S/C18H20FN3O6S2/c1-2-7-29(25,26)20-15-5-4-14(19)10-13(15)8-12-3-6-16(17(23)9-12)22-11-18(24)21-30(22,27)28/h3-6,9-10,20,23H,2,7-8,11H2,1H3,(H,21,24). The first kappa shape index (κ1) is 21.8. The van der Waals surface area contributed by atoms with Gasteiger partial charge in [-0.05, 0) is 54.3 Å². The summed E-state index contributed by atoms with van der Waals surface area (Å²) in [5.41, 5.74) is 0.951. The molecule has 1 aliphatic heterocycles. The third-order valence-electron chi connectivity index (χ3n) is 4.33. The van der Waals surface area contributed by atoms with Crippen LogP contribution in [0.1, 0.15) is 24.5 Å². The van der Waals surface area contributed by atoms with Crippen molar-refractivity contribution in [3.05, 3.63) is 53.3 Å². The van der Waals surface area contributed by atoms with Gasteiger partial charge in [0.1, 0.15) is 18.1 Å². The normalized spacial score (nSPS) is 15.8. The van der Waals surface area contributed by atoms with E-state index in [2.05, 4.69) is 4.72 Å². The number of sulfonamides is 1. The Morgan fingerprint density at radius 3 is 2.57 bits per heavy atom. The van der Waals surface area contributed by atoms with Crippen LogP contribution in [0.3, 0.4) is 0 Å². The van der Waals surface area contributed by atoms with E-state index in [0.717, 1.165) is 10.4 Å². The number of amides is 1. The highest BCUT2D eigenvalue weighted by atomic mass is 32.2. The van der Waals surface area contributed by atoms with Crippen LogP contribution in [0.5, 0.6) is 5.75 Å². The molecule has 0 saturated carbocycles. The van der Waals surface area contributed by atoms with E-state index in [0.29, 0.717) is 17.5 Å². The molecule has 0 radical (unpaired) electrons. The van der Waals surface area contributed by atoms with Gasteiger partial charge in [-0.15, -0.1) is 0 Å². The molecule has 3 rings (SSSR count). The van der Waals surface area contributed by atoms with Crippen molar-refractivity contribution in [1.29, 1.82) is 0 Å². The van der Waals surface area contributed by atoms with Crippen LogP contribution in [0, 0.1) is 5.82 Å². The van der Waals surface area contributed by atoms with E-state index < -0.39 is 44.3 Å². The van der Waals surface area contributed by atoms with Gasteiger partial charge in [-0.3, -0.25) is 9.52 Å². The van der Waals surface area contributed by atoms with Gasteiger partial charge < -0.3 is 5.11 Å². The molecule has 0 aliphatic carbocycles. The minimum atomic E-state index is -4.07. The molecule has 9 nitrogen and oxygen atoms in total. The van der Waals surface area contributed by atoms with Gasteiger partial charge in [0.05, 0.1) is 17.1 Å². The number of anilines is 2. The number of benzene rings is 2. The zero-order chi connectivity index (χ0) is 22.1. The van der Waals surface area contributed by atoms with Gasteiger partial charge in [0, 0.05) is 0 Å². The molecular formula is C18H20FN3O6S2. The van der Waals surface area contributed by atoms with Crippen LogP contribution in [-0.4, -0.2) is 40.1 Å². The molecule has 30 heavy (non-hydrogen) atoms. The third kappa shape index (κ3) is 4.82. The highest BCUT2D eigenvalue weighted by molar-refractivity contribution is 7.92. The predicted octanol–water partition coefficient (Wildman–Crippen LogP) is 1.45. The van der Waals surface area contributed by atoms with E-state index in [-0.39, 0.29) is 23.5 Å². The maximum absolute atomic E-state index is 13.8. The van der Waals surface area contributed by atoms with E-state index in [9.17, 15) is 31.1 Å². The van der Waals surface area contributed by atoms with Crippen LogP contribution < -0.4 is 13.7 Å². The first-order valence-electron chi connectivity index (χ1n) is 8.95. The number of phenols is 1. The monoisotopic (exact) mass is 457 g/mol. The summed E-state index contributed by atoms with van der Waals surface area (Å²) in [7, 11) is -7.66. The smallest absolute Gasteiger partial charge is 0.326 e. The van der Waals surface area contributed by atoms with Gasteiger partial charge in [0.15, 0.2) is 0 Å². The minimum absolute atomic E-state index is 0.0690. The lowest BCUT2D eigenvalue weighted by molar-refractivity contribution is -0.117. The summed E-state index contributed by atoms with van der Waals surface area (Å²) in [6.07, 6.45) is 0.484. The Hall–Kier alpha value is -2.86. The largest absolute Gasteiger partial charge is 0.506 e. The summed E-state index contributed by atoms with van der Waals surface area (Å²) in [6.45, 7) is 1.27. The fourth-order valence-corrected chi connectivity index (χ4v) is 5.40. The van der Waals surface area contributed by atoms with Gasteiger partial charge >= 0.3 is 10.2 Å². The summed E-state index contributed by atoms with van der Waals surface area (Å²) >= 11 is 0. The first-order chi connectivity index (χ1) is 14.0. The highest BCUT2D eigenvalue weighted by Crippen LogP contribution is 2.32. The summed E-state index contributed by atoms with van der Waals surface area (Å²) in [4.78, 5) is 11.4. The topological polar surface area (TPSA) is 133 Å². The van der Waals surface area contributed by atoms with Crippen molar-refractivity contribution >= 4 is 37.5 Å². The SMILES string of the molecule is CCCS(=O)(=O)Nc1ccc(F)cc1Cc1ccc(N2CC(=O)NS2(=O)=O)c(O)c1. The van der Waals surface area contributed by atoms with Crippen molar-refractivity contribution in [1.82, 2.24) is 4.72 Å². The number of phenolic OH excluding ortho intramolecular Hbond substituents is 1. The summed E-state index contributed by atoms with van der Waals surface area (Å²) in [6, 6.07) is 7.74. The molecule has 2 aromatic rings. The first-order valence-corrected chi connectivity index (χ1v) is 12.0. The fourth-order valence-electron chi connectivity index (χ4n) is 3.07. The number of aromatic hydroxyl groups is 1. The number of carbonyl (C=O) groups excluding carboxylic acids is 1. The van der Waals surface area contributed by atoms with E-state index in [4.69, 9.17) is 0 Å². The van der Waals surface area contributed by atoms with Gasteiger partial charge in [-0.1, -0.05) is 13.0 Å². The maximum Gasteiger partial charge on any atom is 0.326 e. The second kappa shape index (κ2) is 8.11. The Kier molecular flexibility index (Phi) is 5.90. The molecule has 162 valence electrons. The molecule has 0 aromatic heterocycles. The molecule has 12 heteroatoms. The molecule has 1 aliphatic rings. The van der Waals surface area contributed by atoms with Gasteiger partial charge in [-0.2, -0.15) is 8.42 Å². The number of nitrogens with one attached hydrogen (secondary N) is 2. The van der Waals surface area contributed by atoms with Crippen LogP contribution >= 0.6 is 0 Å². The van der Waals surface area contributed by atoms with Crippen molar-refractivity contribution < 1.29 is 31.1 Å². The van der Waals surface area contributed by atoms with Gasteiger partial charge in [-0.25, -0.2) is 21.8 Å². The van der Waals surface area contributed by atoms with Crippen LogP contribution in [0.25, 0.3) is 0 Å². The summed E-state index contributed by atoms with van der Waals surface area (Å²) < 4.78 is 66.8. The molecule has 1 fully saturated rings. The molecule has 0 bridgehead atoms. The number of carbonyl (C=O) groups is 1. The zero-order valence-corrected chi connectivity index (χ0v) is 17.6.